The van der Waals surface area contributed by atoms with Gasteiger partial charge in [-0.05, 0) is 30.9 Å². The Labute approximate surface area is 119 Å². The fourth-order valence-electron chi connectivity index (χ4n) is 2.79. The van der Waals surface area contributed by atoms with Crippen molar-refractivity contribution in [1.82, 2.24) is 9.97 Å². The second-order valence-electron chi connectivity index (χ2n) is 5.07. The minimum Gasteiger partial charge on any atom is -0.491 e. The molecule has 1 aromatic heterocycles. The van der Waals surface area contributed by atoms with E-state index >= 15 is 0 Å². The Kier molecular flexibility index (Phi) is 3.54. The van der Waals surface area contributed by atoms with Gasteiger partial charge < -0.3 is 9.64 Å². The van der Waals surface area contributed by atoms with Crippen LogP contribution in [0.15, 0.2) is 30.6 Å². The maximum atomic E-state index is 5.48. The molecule has 20 heavy (non-hydrogen) atoms. The molecule has 0 unspecified atom stereocenters. The van der Waals surface area contributed by atoms with Crippen molar-refractivity contribution in [3.8, 4) is 5.75 Å². The van der Waals surface area contributed by atoms with Crippen molar-refractivity contribution in [3.63, 3.8) is 0 Å². The second kappa shape index (κ2) is 5.49. The molecule has 4 nitrogen and oxygen atoms in total. The van der Waals surface area contributed by atoms with Gasteiger partial charge >= 0.3 is 0 Å². The van der Waals surface area contributed by atoms with Gasteiger partial charge in [-0.3, -0.25) is 0 Å². The Balaban J connectivity index is 1.89. The maximum Gasteiger partial charge on any atom is 0.182 e. The molecule has 0 radical (unpaired) electrons. The number of fused-ring (bicyclic) bond motifs is 1. The van der Waals surface area contributed by atoms with Crippen molar-refractivity contribution >= 4 is 5.82 Å². The van der Waals surface area contributed by atoms with Gasteiger partial charge in [0.15, 0.2) is 11.6 Å². The lowest BCUT2D eigenvalue weighted by molar-refractivity contribution is 0.406. The molecule has 3 rings (SSSR count). The minimum absolute atomic E-state index is 0.790. The third-order valence-corrected chi connectivity index (χ3v) is 3.89. The van der Waals surface area contributed by atoms with Gasteiger partial charge in [-0.15, -0.1) is 0 Å². The molecule has 0 bridgehead atoms. The van der Waals surface area contributed by atoms with Crippen LogP contribution in [0.3, 0.4) is 0 Å². The lowest BCUT2D eigenvalue weighted by atomic mass is 10.0. The van der Waals surface area contributed by atoms with Crippen molar-refractivity contribution in [2.45, 2.75) is 19.8 Å². The van der Waals surface area contributed by atoms with E-state index in [0.29, 0.717) is 0 Å². The first-order chi connectivity index (χ1) is 9.79. The summed E-state index contributed by atoms with van der Waals surface area (Å²) in [6.07, 6.45) is 3.70. The normalized spacial score (nSPS) is 14.6. The van der Waals surface area contributed by atoms with E-state index in [0.717, 1.165) is 43.2 Å². The van der Waals surface area contributed by atoms with E-state index in [9.17, 15) is 0 Å². The number of aryl methyl sites for hydroxylation is 1. The molecule has 0 atom stereocenters. The van der Waals surface area contributed by atoms with Crippen LogP contribution in [0.25, 0.3) is 0 Å². The standard InChI is InChI=1S/C16H19N3O/c1-12-15(20-2)16(18-11-17-12)19-9-7-13-5-3-4-6-14(13)8-10-19/h3-6,11H,7-10H2,1-2H3. The largest absolute Gasteiger partial charge is 0.491 e. The fourth-order valence-corrected chi connectivity index (χ4v) is 2.79. The van der Waals surface area contributed by atoms with Crippen molar-refractivity contribution in [2.24, 2.45) is 0 Å². The lowest BCUT2D eigenvalue weighted by Crippen LogP contribution is -2.27. The zero-order valence-electron chi connectivity index (χ0n) is 12.0. The number of benzene rings is 1. The fraction of sp³-hybridized carbons (Fsp3) is 0.375. The Bertz CT molecular complexity index is 585. The average Bonchev–Trinajstić information content (AvgIpc) is 2.69. The van der Waals surface area contributed by atoms with E-state index < -0.39 is 0 Å². The summed E-state index contributed by atoms with van der Waals surface area (Å²) in [6.45, 7) is 3.88. The molecule has 1 aromatic carbocycles. The molecule has 2 aromatic rings. The number of nitrogens with zero attached hydrogens (tertiary/aromatic N) is 3. The third-order valence-electron chi connectivity index (χ3n) is 3.89. The molecule has 0 aliphatic carbocycles. The quantitative estimate of drug-likeness (QED) is 0.839. The average molecular weight is 269 g/mol. The van der Waals surface area contributed by atoms with E-state index in [4.69, 9.17) is 4.74 Å². The maximum absolute atomic E-state index is 5.48. The molecule has 2 heterocycles. The van der Waals surface area contributed by atoms with Crippen molar-refractivity contribution in [1.29, 1.82) is 0 Å². The minimum atomic E-state index is 0.790. The molecule has 0 spiro atoms. The van der Waals surface area contributed by atoms with E-state index in [1.807, 2.05) is 6.92 Å². The number of aromatic nitrogens is 2. The number of hydrogen-bond donors (Lipinski definition) is 0. The highest BCUT2D eigenvalue weighted by atomic mass is 16.5. The zero-order valence-corrected chi connectivity index (χ0v) is 12.0. The summed E-state index contributed by atoms with van der Waals surface area (Å²) in [5.41, 5.74) is 3.78. The first kappa shape index (κ1) is 12.9. The monoisotopic (exact) mass is 269 g/mol. The van der Waals surface area contributed by atoms with E-state index in [2.05, 4.69) is 39.1 Å². The van der Waals surface area contributed by atoms with E-state index in [1.54, 1.807) is 13.4 Å². The summed E-state index contributed by atoms with van der Waals surface area (Å²) in [5.74, 6) is 1.70. The van der Waals surface area contributed by atoms with Crippen LogP contribution in [0.4, 0.5) is 5.82 Å². The summed E-state index contributed by atoms with van der Waals surface area (Å²) in [7, 11) is 1.68. The molecule has 0 fully saturated rings. The van der Waals surface area contributed by atoms with Crippen molar-refractivity contribution < 1.29 is 4.74 Å². The number of hydrogen-bond acceptors (Lipinski definition) is 4. The van der Waals surface area contributed by atoms with Gasteiger partial charge in [0.25, 0.3) is 0 Å². The highest BCUT2D eigenvalue weighted by molar-refractivity contribution is 5.54. The van der Waals surface area contributed by atoms with Crippen LogP contribution in [0, 0.1) is 6.92 Å². The molecule has 1 aliphatic heterocycles. The van der Waals surface area contributed by atoms with Crippen LogP contribution in [-0.2, 0) is 12.8 Å². The van der Waals surface area contributed by atoms with Gasteiger partial charge in [0.1, 0.15) is 6.33 Å². The van der Waals surface area contributed by atoms with Gasteiger partial charge in [-0.1, -0.05) is 24.3 Å². The first-order valence-electron chi connectivity index (χ1n) is 6.97. The van der Waals surface area contributed by atoms with Gasteiger partial charge in [0.2, 0.25) is 0 Å². The smallest absolute Gasteiger partial charge is 0.182 e. The summed E-state index contributed by atoms with van der Waals surface area (Å²) in [5, 5.41) is 0. The van der Waals surface area contributed by atoms with Crippen molar-refractivity contribution in [2.75, 3.05) is 25.1 Å². The topological polar surface area (TPSA) is 38.3 Å². The number of methoxy groups -OCH3 is 1. The van der Waals surface area contributed by atoms with E-state index in [-0.39, 0.29) is 0 Å². The molecule has 4 heteroatoms. The predicted octanol–water partition coefficient (Wildman–Crippen LogP) is 2.40. The lowest BCUT2D eigenvalue weighted by Gasteiger charge is -2.23. The van der Waals surface area contributed by atoms with E-state index in [1.165, 1.54) is 11.1 Å². The first-order valence-corrected chi connectivity index (χ1v) is 6.97. The van der Waals surface area contributed by atoms with Gasteiger partial charge in [0.05, 0.1) is 12.8 Å². The summed E-state index contributed by atoms with van der Waals surface area (Å²) in [4.78, 5) is 10.9. The highest BCUT2D eigenvalue weighted by Crippen LogP contribution is 2.29. The molecule has 1 aliphatic rings. The van der Waals surface area contributed by atoms with Crippen LogP contribution in [-0.4, -0.2) is 30.2 Å². The van der Waals surface area contributed by atoms with Crippen LogP contribution >= 0.6 is 0 Å². The van der Waals surface area contributed by atoms with Crippen LogP contribution in [0.1, 0.15) is 16.8 Å². The molecule has 104 valence electrons. The zero-order chi connectivity index (χ0) is 13.9. The third kappa shape index (κ3) is 2.33. The Hall–Kier alpha value is -2.10. The van der Waals surface area contributed by atoms with Crippen molar-refractivity contribution in [3.05, 3.63) is 47.4 Å². The summed E-state index contributed by atoms with van der Waals surface area (Å²) < 4.78 is 5.48. The van der Waals surface area contributed by atoms with Crippen LogP contribution in [0.2, 0.25) is 0 Å². The van der Waals surface area contributed by atoms with Crippen LogP contribution < -0.4 is 9.64 Å². The Morgan fingerprint density at radius 1 is 1.05 bits per heavy atom. The number of rotatable bonds is 2. The molecule has 0 N–H and O–H groups in total. The Morgan fingerprint density at radius 3 is 2.30 bits per heavy atom. The van der Waals surface area contributed by atoms with Gasteiger partial charge in [-0.2, -0.15) is 0 Å². The summed E-state index contributed by atoms with van der Waals surface area (Å²) in [6, 6.07) is 8.68. The highest BCUT2D eigenvalue weighted by Gasteiger charge is 2.19. The number of anilines is 1. The Morgan fingerprint density at radius 2 is 1.70 bits per heavy atom. The molecule has 0 saturated heterocycles. The number of ether oxygens (including phenoxy) is 1. The SMILES string of the molecule is COc1c(C)ncnc1N1CCc2ccccc2CC1. The molecular formula is C16H19N3O. The molecule has 0 amide bonds. The van der Waals surface area contributed by atoms with Gasteiger partial charge in [0, 0.05) is 13.1 Å². The second-order valence-corrected chi connectivity index (χ2v) is 5.07. The predicted molar refractivity (Wildman–Crippen MR) is 79.4 cm³/mol. The molecule has 0 saturated carbocycles. The summed E-state index contributed by atoms with van der Waals surface area (Å²) >= 11 is 0. The van der Waals surface area contributed by atoms with Crippen LogP contribution in [0.5, 0.6) is 5.75 Å². The molecular weight excluding hydrogens is 250 g/mol. The van der Waals surface area contributed by atoms with Gasteiger partial charge in [-0.25, -0.2) is 9.97 Å².